The molecule has 108 valence electrons. The van der Waals surface area contributed by atoms with Crippen LogP contribution >= 0.6 is 11.3 Å². The Bertz CT molecular complexity index is 518. The average molecular weight is 289 g/mol. The first-order valence-corrected chi connectivity index (χ1v) is 8.12. The van der Waals surface area contributed by atoms with E-state index in [1.165, 1.54) is 28.8 Å². The monoisotopic (exact) mass is 289 g/mol. The summed E-state index contributed by atoms with van der Waals surface area (Å²) in [5, 5.41) is 2.09. The van der Waals surface area contributed by atoms with Gasteiger partial charge in [0, 0.05) is 11.4 Å². The van der Waals surface area contributed by atoms with Gasteiger partial charge in [0.1, 0.15) is 11.9 Å². The number of benzene rings is 1. The fourth-order valence-electron chi connectivity index (χ4n) is 2.20. The molecule has 0 aliphatic heterocycles. The molecule has 1 aromatic heterocycles. The van der Waals surface area contributed by atoms with Gasteiger partial charge in [-0.1, -0.05) is 25.5 Å². The number of rotatable bonds is 7. The molecule has 1 aromatic carbocycles. The number of unbranched alkanes of at least 4 members (excludes halogenated alkanes) is 1. The lowest BCUT2D eigenvalue weighted by Gasteiger charge is -2.17. The van der Waals surface area contributed by atoms with Gasteiger partial charge in [-0.15, -0.1) is 11.3 Å². The molecule has 1 heterocycles. The third-order valence-electron chi connectivity index (χ3n) is 3.43. The summed E-state index contributed by atoms with van der Waals surface area (Å²) in [5.74, 6) is 0.897. The summed E-state index contributed by atoms with van der Waals surface area (Å²) >= 11 is 1.71. The van der Waals surface area contributed by atoms with Crippen LogP contribution in [0.4, 0.5) is 0 Å². The molecule has 0 bridgehead atoms. The highest BCUT2D eigenvalue weighted by atomic mass is 32.1. The van der Waals surface area contributed by atoms with Gasteiger partial charge in [0.2, 0.25) is 0 Å². The minimum absolute atomic E-state index is 0.0449. The Morgan fingerprint density at radius 1 is 1.20 bits per heavy atom. The lowest BCUT2D eigenvalue weighted by molar-refractivity contribution is 0.217. The van der Waals surface area contributed by atoms with Crippen LogP contribution in [0.5, 0.6) is 5.75 Å². The summed E-state index contributed by atoms with van der Waals surface area (Å²) in [4.78, 5) is 1.22. The van der Waals surface area contributed by atoms with E-state index in [0.29, 0.717) is 6.54 Å². The molecule has 1 unspecified atom stereocenters. The van der Waals surface area contributed by atoms with E-state index >= 15 is 0 Å². The molecule has 2 rings (SSSR count). The first-order chi connectivity index (χ1) is 9.74. The molecule has 2 aromatic rings. The minimum Gasteiger partial charge on any atom is -0.484 e. The Balaban J connectivity index is 2.03. The highest BCUT2D eigenvalue weighted by Gasteiger charge is 2.15. The second-order valence-corrected chi connectivity index (χ2v) is 6.01. The van der Waals surface area contributed by atoms with Crippen LogP contribution in [0, 0.1) is 6.92 Å². The van der Waals surface area contributed by atoms with E-state index in [1.807, 2.05) is 0 Å². The molecule has 0 aliphatic carbocycles. The first kappa shape index (κ1) is 15.1. The maximum Gasteiger partial charge on any atom is 0.145 e. The highest BCUT2D eigenvalue weighted by Crippen LogP contribution is 2.28. The molecule has 0 amide bonds. The number of hydrogen-bond acceptors (Lipinski definition) is 3. The summed E-state index contributed by atoms with van der Waals surface area (Å²) in [7, 11) is 0. The summed E-state index contributed by atoms with van der Waals surface area (Å²) in [6, 6.07) is 10.5. The van der Waals surface area contributed by atoms with Crippen molar-refractivity contribution in [2.24, 2.45) is 5.73 Å². The summed E-state index contributed by atoms with van der Waals surface area (Å²) in [6.07, 6.45) is 3.56. The predicted molar refractivity (Wildman–Crippen MR) is 86.5 cm³/mol. The van der Waals surface area contributed by atoms with Gasteiger partial charge in [0.15, 0.2) is 0 Å². The van der Waals surface area contributed by atoms with Crippen LogP contribution in [0.15, 0.2) is 35.7 Å². The molecular weight excluding hydrogens is 266 g/mol. The maximum absolute atomic E-state index is 6.03. The lowest BCUT2D eigenvalue weighted by Crippen LogP contribution is -2.18. The van der Waals surface area contributed by atoms with Crippen LogP contribution in [-0.4, -0.2) is 6.54 Å². The number of aryl methyl sites for hydroxylation is 2. The molecule has 0 fully saturated rings. The fourth-order valence-corrected chi connectivity index (χ4v) is 3.17. The van der Waals surface area contributed by atoms with Crippen molar-refractivity contribution < 1.29 is 4.74 Å². The maximum atomic E-state index is 6.03. The van der Waals surface area contributed by atoms with Crippen LogP contribution in [0.3, 0.4) is 0 Å². The van der Waals surface area contributed by atoms with E-state index in [1.54, 1.807) is 11.3 Å². The summed E-state index contributed by atoms with van der Waals surface area (Å²) < 4.78 is 6.03. The van der Waals surface area contributed by atoms with E-state index in [4.69, 9.17) is 10.5 Å². The van der Waals surface area contributed by atoms with Gasteiger partial charge in [-0.2, -0.15) is 0 Å². The van der Waals surface area contributed by atoms with Crippen LogP contribution < -0.4 is 10.5 Å². The van der Waals surface area contributed by atoms with Gasteiger partial charge < -0.3 is 10.5 Å². The Hall–Kier alpha value is -1.32. The van der Waals surface area contributed by atoms with Crippen LogP contribution in [-0.2, 0) is 6.42 Å². The molecule has 0 spiro atoms. The van der Waals surface area contributed by atoms with Crippen molar-refractivity contribution in [3.05, 3.63) is 51.7 Å². The molecule has 1 atom stereocenters. The zero-order valence-corrected chi connectivity index (χ0v) is 13.1. The highest BCUT2D eigenvalue weighted by molar-refractivity contribution is 7.10. The van der Waals surface area contributed by atoms with Crippen molar-refractivity contribution in [3.63, 3.8) is 0 Å². The van der Waals surface area contributed by atoms with E-state index in [9.17, 15) is 0 Å². The number of hydrogen-bond donors (Lipinski definition) is 1. The van der Waals surface area contributed by atoms with E-state index < -0.39 is 0 Å². The largest absolute Gasteiger partial charge is 0.484 e. The van der Waals surface area contributed by atoms with E-state index in [2.05, 4.69) is 49.6 Å². The number of ether oxygens (including phenoxy) is 1. The van der Waals surface area contributed by atoms with Crippen molar-refractivity contribution in [1.29, 1.82) is 0 Å². The molecule has 0 saturated heterocycles. The van der Waals surface area contributed by atoms with Gasteiger partial charge >= 0.3 is 0 Å². The van der Waals surface area contributed by atoms with Gasteiger partial charge in [-0.3, -0.25) is 0 Å². The van der Waals surface area contributed by atoms with Crippen molar-refractivity contribution in [2.75, 3.05) is 6.54 Å². The quantitative estimate of drug-likeness (QED) is 0.815. The Morgan fingerprint density at radius 3 is 2.50 bits per heavy atom. The Morgan fingerprint density at radius 2 is 1.95 bits per heavy atom. The summed E-state index contributed by atoms with van der Waals surface area (Å²) in [6.45, 7) is 4.82. The van der Waals surface area contributed by atoms with E-state index in [0.717, 1.165) is 12.2 Å². The van der Waals surface area contributed by atoms with Crippen molar-refractivity contribution in [1.82, 2.24) is 0 Å². The molecule has 3 heteroatoms. The molecule has 0 radical (unpaired) electrons. The van der Waals surface area contributed by atoms with Gasteiger partial charge in [0.25, 0.3) is 0 Å². The van der Waals surface area contributed by atoms with Gasteiger partial charge in [-0.25, -0.2) is 0 Å². The second kappa shape index (κ2) is 7.46. The minimum atomic E-state index is -0.0449. The third kappa shape index (κ3) is 3.84. The average Bonchev–Trinajstić information content (AvgIpc) is 2.90. The zero-order valence-electron chi connectivity index (χ0n) is 12.3. The van der Waals surface area contributed by atoms with Crippen molar-refractivity contribution in [2.45, 2.75) is 39.2 Å². The SMILES string of the molecule is CCCCc1ccc(OC(CN)c2sccc2C)cc1. The van der Waals surface area contributed by atoms with Crippen molar-refractivity contribution >= 4 is 11.3 Å². The predicted octanol–water partition coefficient (Wildman–Crippen LogP) is 4.48. The fraction of sp³-hybridized carbons (Fsp3) is 0.412. The molecule has 0 aliphatic rings. The standard InChI is InChI=1S/C17H23NOS/c1-3-4-5-14-6-8-15(9-7-14)19-16(12-18)17-13(2)10-11-20-17/h6-11,16H,3-5,12,18H2,1-2H3. The molecular formula is C17H23NOS. The normalized spacial score (nSPS) is 12.3. The number of nitrogens with two attached hydrogens (primary N) is 1. The summed E-state index contributed by atoms with van der Waals surface area (Å²) in [5.41, 5.74) is 8.48. The molecule has 20 heavy (non-hydrogen) atoms. The lowest BCUT2D eigenvalue weighted by atomic mass is 10.1. The topological polar surface area (TPSA) is 35.2 Å². The number of thiophene rings is 1. The van der Waals surface area contributed by atoms with E-state index in [-0.39, 0.29) is 6.10 Å². The molecule has 2 N–H and O–H groups in total. The van der Waals surface area contributed by atoms with Gasteiger partial charge in [0.05, 0.1) is 0 Å². The van der Waals surface area contributed by atoms with Crippen LogP contribution in [0.25, 0.3) is 0 Å². The third-order valence-corrected chi connectivity index (χ3v) is 4.54. The van der Waals surface area contributed by atoms with Gasteiger partial charge in [-0.05, 0) is 54.5 Å². The second-order valence-electron chi connectivity index (χ2n) is 5.06. The van der Waals surface area contributed by atoms with Crippen LogP contribution in [0.2, 0.25) is 0 Å². The zero-order chi connectivity index (χ0) is 14.4. The molecule has 0 saturated carbocycles. The molecule has 2 nitrogen and oxygen atoms in total. The van der Waals surface area contributed by atoms with Crippen molar-refractivity contribution in [3.8, 4) is 5.75 Å². The Labute approximate surface area is 125 Å². The Kier molecular flexibility index (Phi) is 5.62. The smallest absolute Gasteiger partial charge is 0.145 e. The first-order valence-electron chi connectivity index (χ1n) is 7.24. The van der Waals surface area contributed by atoms with Crippen LogP contribution in [0.1, 0.15) is 41.9 Å².